The van der Waals surface area contributed by atoms with Crippen LogP contribution in [0.15, 0.2) is 59.1 Å². The zero-order valence-electron chi connectivity index (χ0n) is 12.9. The second-order valence-corrected chi connectivity index (χ2v) is 6.31. The molecule has 0 atom stereocenters. The Balaban J connectivity index is 2.04. The van der Waals surface area contributed by atoms with E-state index in [0.29, 0.717) is 12.2 Å². The Kier molecular flexibility index (Phi) is 4.77. The van der Waals surface area contributed by atoms with Gasteiger partial charge in [0.1, 0.15) is 0 Å². The van der Waals surface area contributed by atoms with Gasteiger partial charge in [0, 0.05) is 4.47 Å². The molecule has 0 fully saturated rings. The summed E-state index contributed by atoms with van der Waals surface area (Å²) in [6, 6.07) is 16.0. The Morgan fingerprint density at radius 2 is 1.91 bits per heavy atom. The molecule has 0 aromatic heterocycles. The van der Waals surface area contributed by atoms with Gasteiger partial charge in [-0.1, -0.05) is 59.3 Å². The average molecular weight is 369 g/mol. The molecule has 0 saturated carbocycles. The van der Waals surface area contributed by atoms with Crippen LogP contribution in [0.5, 0.6) is 0 Å². The smallest absolute Gasteiger partial charge is 0.338 e. The lowest BCUT2D eigenvalue weighted by Crippen LogP contribution is -2.06. The molecule has 3 rings (SSSR count). The maximum atomic E-state index is 12.3. The van der Waals surface area contributed by atoms with Gasteiger partial charge in [-0.05, 0) is 53.0 Å². The second kappa shape index (κ2) is 6.97. The number of benzene rings is 2. The molecule has 0 amide bonds. The maximum Gasteiger partial charge on any atom is 0.338 e. The van der Waals surface area contributed by atoms with Gasteiger partial charge in [-0.3, -0.25) is 0 Å². The van der Waals surface area contributed by atoms with Crippen molar-refractivity contribution < 1.29 is 9.53 Å². The highest BCUT2D eigenvalue weighted by molar-refractivity contribution is 9.10. The van der Waals surface area contributed by atoms with E-state index in [4.69, 9.17) is 4.74 Å². The maximum absolute atomic E-state index is 12.3. The monoisotopic (exact) mass is 368 g/mol. The fraction of sp³-hybridized carbons (Fsp3) is 0.150. The van der Waals surface area contributed by atoms with Gasteiger partial charge in [-0.2, -0.15) is 0 Å². The third-order valence-corrected chi connectivity index (χ3v) is 4.15. The number of fused-ring (bicyclic) bond motifs is 1. The molecule has 0 radical (unpaired) electrons. The second-order valence-electron chi connectivity index (χ2n) is 5.39. The highest BCUT2D eigenvalue weighted by Gasteiger charge is 2.24. The fourth-order valence-electron chi connectivity index (χ4n) is 2.59. The molecule has 2 aromatic carbocycles. The summed E-state index contributed by atoms with van der Waals surface area (Å²) in [7, 11) is 0. The van der Waals surface area contributed by atoms with Crippen LogP contribution in [-0.2, 0) is 9.53 Å². The van der Waals surface area contributed by atoms with Gasteiger partial charge in [0.15, 0.2) is 0 Å². The fourth-order valence-corrected chi connectivity index (χ4v) is 2.95. The van der Waals surface area contributed by atoms with Crippen molar-refractivity contribution in [2.75, 3.05) is 6.61 Å². The normalized spacial score (nSPS) is 14.5. The summed E-state index contributed by atoms with van der Waals surface area (Å²) in [5.74, 6) is -0.258. The number of ether oxygens (including phenoxy) is 1. The topological polar surface area (TPSA) is 26.3 Å². The van der Waals surface area contributed by atoms with E-state index >= 15 is 0 Å². The molecule has 1 aliphatic rings. The minimum atomic E-state index is -0.258. The molecule has 0 heterocycles. The van der Waals surface area contributed by atoms with Gasteiger partial charge < -0.3 is 4.74 Å². The summed E-state index contributed by atoms with van der Waals surface area (Å²) >= 11 is 3.51. The van der Waals surface area contributed by atoms with Crippen molar-refractivity contribution in [3.8, 4) is 0 Å². The molecule has 2 aromatic rings. The number of hydrogen-bond acceptors (Lipinski definition) is 2. The third-order valence-electron chi connectivity index (χ3n) is 3.66. The van der Waals surface area contributed by atoms with E-state index in [1.807, 2.05) is 61.5 Å². The number of carbonyl (C=O) groups is 1. The van der Waals surface area contributed by atoms with Gasteiger partial charge in [0.25, 0.3) is 0 Å². The summed E-state index contributed by atoms with van der Waals surface area (Å²) in [4.78, 5) is 12.3. The summed E-state index contributed by atoms with van der Waals surface area (Å²) in [5, 5.41) is 0. The van der Waals surface area contributed by atoms with Crippen molar-refractivity contribution in [1.29, 1.82) is 0 Å². The molecule has 3 heteroatoms. The summed E-state index contributed by atoms with van der Waals surface area (Å²) in [5.41, 5.74) is 4.73. The number of esters is 1. The van der Waals surface area contributed by atoms with Gasteiger partial charge in [-0.25, -0.2) is 4.79 Å². The van der Waals surface area contributed by atoms with Crippen LogP contribution in [-0.4, -0.2) is 12.6 Å². The first kappa shape index (κ1) is 15.8. The molecule has 0 aliphatic heterocycles. The first-order chi connectivity index (χ1) is 11.2. The first-order valence-corrected chi connectivity index (χ1v) is 8.44. The Bertz CT molecular complexity index is 789. The Hall–Kier alpha value is -2.13. The number of carbonyl (C=O) groups excluding carboxylic acids is 1. The lowest BCUT2D eigenvalue weighted by atomic mass is 10.0. The van der Waals surface area contributed by atoms with Gasteiger partial charge >= 0.3 is 5.97 Å². The van der Waals surface area contributed by atoms with Crippen LogP contribution in [0.3, 0.4) is 0 Å². The van der Waals surface area contributed by atoms with Crippen molar-refractivity contribution in [2.45, 2.75) is 13.3 Å². The van der Waals surface area contributed by atoms with E-state index in [-0.39, 0.29) is 5.97 Å². The molecule has 0 spiro atoms. The molecular formula is C20H17BrO2. The zero-order valence-corrected chi connectivity index (χ0v) is 14.5. The quantitative estimate of drug-likeness (QED) is 0.680. The number of halogens is 1. The van der Waals surface area contributed by atoms with E-state index in [0.717, 1.165) is 33.2 Å². The van der Waals surface area contributed by atoms with Crippen LogP contribution in [0.4, 0.5) is 0 Å². The predicted octanol–water partition coefficient (Wildman–Crippen LogP) is 5.34. The Morgan fingerprint density at radius 1 is 1.13 bits per heavy atom. The molecule has 1 aliphatic carbocycles. The van der Waals surface area contributed by atoms with Crippen LogP contribution in [0.25, 0.3) is 17.2 Å². The average Bonchev–Trinajstić information content (AvgIpc) is 2.91. The molecule has 116 valence electrons. The minimum absolute atomic E-state index is 0.258. The lowest BCUT2D eigenvalue weighted by molar-refractivity contribution is -0.136. The largest absolute Gasteiger partial charge is 0.462 e. The summed E-state index contributed by atoms with van der Waals surface area (Å²) < 4.78 is 6.31. The van der Waals surface area contributed by atoms with Gasteiger partial charge in [0.2, 0.25) is 0 Å². The minimum Gasteiger partial charge on any atom is -0.462 e. The lowest BCUT2D eigenvalue weighted by Gasteiger charge is -2.06. The van der Waals surface area contributed by atoms with Gasteiger partial charge in [0.05, 0.1) is 12.2 Å². The standard InChI is InChI=1S/C20H17BrO2/c1-2-10-23-20(22)19-12-15(11-14-6-4-3-5-7-14)18-13-16(21)8-9-17(18)19/h3-9,11-13H,2,10H2,1H3/b15-11+. The summed E-state index contributed by atoms with van der Waals surface area (Å²) in [6.45, 7) is 2.43. The van der Waals surface area contributed by atoms with Crippen LogP contribution >= 0.6 is 15.9 Å². The predicted molar refractivity (Wildman–Crippen MR) is 97.7 cm³/mol. The van der Waals surface area contributed by atoms with Crippen molar-refractivity contribution >= 4 is 39.1 Å². The molecule has 0 N–H and O–H groups in total. The van der Waals surface area contributed by atoms with E-state index in [2.05, 4.69) is 22.0 Å². The Labute approximate surface area is 144 Å². The van der Waals surface area contributed by atoms with Crippen molar-refractivity contribution in [1.82, 2.24) is 0 Å². The highest BCUT2D eigenvalue weighted by atomic mass is 79.9. The number of hydrogen-bond donors (Lipinski definition) is 0. The third kappa shape index (κ3) is 3.45. The Morgan fingerprint density at radius 3 is 2.65 bits per heavy atom. The first-order valence-electron chi connectivity index (χ1n) is 7.65. The van der Waals surface area contributed by atoms with Gasteiger partial charge in [-0.15, -0.1) is 0 Å². The van der Waals surface area contributed by atoms with E-state index in [1.165, 1.54) is 0 Å². The number of allylic oxidation sites excluding steroid dienone is 2. The molecule has 0 unspecified atom stereocenters. The molecular weight excluding hydrogens is 352 g/mol. The van der Waals surface area contributed by atoms with E-state index in [9.17, 15) is 4.79 Å². The SMILES string of the molecule is CCCOC(=O)C1=C/C(=C\c2ccccc2)c2cc(Br)ccc21. The molecule has 2 nitrogen and oxygen atoms in total. The van der Waals surface area contributed by atoms with Crippen molar-refractivity contribution in [3.05, 3.63) is 75.8 Å². The van der Waals surface area contributed by atoms with Crippen LogP contribution in [0.2, 0.25) is 0 Å². The van der Waals surface area contributed by atoms with Crippen LogP contribution in [0, 0.1) is 0 Å². The van der Waals surface area contributed by atoms with Crippen molar-refractivity contribution in [3.63, 3.8) is 0 Å². The van der Waals surface area contributed by atoms with Crippen LogP contribution in [0.1, 0.15) is 30.0 Å². The molecule has 0 saturated heterocycles. The molecule has 23 heavy (non-hydrogen) atoms. The summed E-state index contributed by atoms with van der Waals surface area (Å²) in [6.07, 6.45) is 4.83. The zero-order chi connectivity index (χ0) is 16.2. The van der Waals surface area contributed by atoms with Crippen LogP contribution < -0.4 is 0 Å². The van der Waals surface area contributed by atoms with E-state index in [1.54, 1.807) is 0 Å². The number of rotatable bonds is 4. The van der Waals surface area contributed by atoms with E-state index < -0.39 is 0 Å². The molecule has 0 bridgehead atoms. The van der Waals surface area contributed by atoms with Crippen molar-refractivity contribution in [2.24, 2.45) is 0 Å². The highest BCUT2D eigenvalue weighted by Crippen LogP contribution is 2.38.